The average molecular weight is 344 g/mol. The van der Waals surface area contributed by atoms with E-state index in [0.29, 0.717) is 0 Å². The molecule has 1 aromatic carbocycles. The minimum atomic E-state index is -0.194. The van der Waals surface area contributed by atoms with E-state index in [1.807, 2.05) is 24.3 Å². The van der Waals surface area contributed by atoms with E-state index < -0.39 is 0 Å². The Hall–Kier alpha value is -1.55. The van der Waals surface area contributed by atoms with Crippen LogP contribution >= 0.6 is 0 Å². The van der Waals surface area contributed by atoms with Crippen molar-refractivity contribution in [2.24, 2.45) is 11.3 Å². The number of piperidine rings is 1. The van der Waals surface area contributed by atoms with Gasteiger partial charge in [-0.1, -0.05) is 26.7 Å². The van der Waals surface area contributed by atoms with Gasteiger partial charge in [0.25, 0.3) is 0 Å². The summed E-state index contributed by atoms with van der Waals surface area (Å²) in [4.78, 5) is 14.9. The van der Waals surface area contributed by atoms with E-state index in [0.717, 1.165) is 56.2 Å². The lowest BCUT2D eigenvalue weighted by Gasteiger charge is -2.30. The van der Waals surface area contributed by atoms with Crippen molar-refractivity contribution < 1.29 is 9.53 Å². The average Bonchev–Trinajstić information content (AvgIpc) is 3.05. The Labute approximate surface area is 151 Å². The summed E-state index contributed by atoms with van der Waals surface area (Å²) in [5, 5.41) is 3.06. The lowest BCUT2D eigenvalue weighted by atomic mass is 9.88. The van der Waals surface area contributed by atoms with Crippen LogP contribution in [0.4, 0.5) is 5.69 Å². The van der Waals surface area contributed by atoms with Crippen molar-refractivity contribution in [2.75, 3.05) is 31.6 Å². The quantitative estimate of drug-likeness (QED) is 0.836. The van der Waals surface area contributed by atoms with Gasteiger partial charge in [-0.3, -0.25) is 9.69 Å². The molecule has 1 aliphatic carbocycles. The molecule has 0 spiro atoms. The molecule has 1 atom stereocenters. The van der Waals surface area contributed by atoms with Crippen LogP contribution < -0.4 is 10.1 Å². The number of anilines is 1. The Morgan fingerprint density at radius 2 is 1.96 bits per heavy atom. The first-order chi connectivity index (χ1) is 12.0. The molecule has 2 aliphatic rings. The fourth-order valence-corrected chi connectivity index (χ4v) is 4.08. The van der Waals surface area contributed by atoms with Gasteiger partial charge in [-0.15, -0.1) is 0 Å². The summed E-state index contributed by atoms with van der Waals surface area (Å²) in [5.74, 6) is 1.83. The zero-order chi connectivity index (χ0) is 17.7. The number of nitrogens with zero attached hydrogens (tertiary/aromatic N) is 1. The number of likely N-dealkylation sites (tertiary alicyclic amines) is 1. The van der Waals surface area contributed by atoms with E-state index in [1.54, 1.807) is 0 Å². The van der Waals surface area contributed by atoms with Crippen LogP contribution in [-0.4, -0.2) is 37.0 Å². The first-order valence-electron chi connectivity index (χ1n) is 9.82. The van der Waals surface area contributed by atoms with Gasteiger partial charge in [-0.05, 0) is 62.4 Å². The Morgan fingerprint density at radius 3 is 2.64 bits per heavy atom. The zero-order valence-corrected chi connectivity index (χ0v) is 15.7. The van der Waals surface area contributed by atoms with Crippen LogP contribution in [0.15, 0.2) is 24.3 Å². The van der Waals surface area contributed by atoms with Crippen molar-refractivity contribution in [1.29, 1.82) is 0 Å². The van der Waals surface area contributed by atoms with E-state index in [1.165, 1.54) is 25.9 Å². The fraction of sp³-hybridized carbons (Fsp3) is 0.667. The molecule has 1 N–H and O–H groups in total. The predicted octanol–water partition coefficient (Wildman–Crippen LogP) is 4.32. The van der Waals surface area contributed by atoms with Crippen LogP contribution in [0.25, 0.3) is 0 Å². The van der Waals surface area contributed by atoms with Crippen LogP contribution in [-0.2, 0) is 4.79 Å². The first-order valence-corrected chi connectivity index (χ1v) is 9.82. The van der Waals surface area contributed by atoms with Crippen LogP contribution in [0.5, 0.6) is 5.75 Å². The number of hydrogen-bond acceptors (Lipinski definition) is 3. The maximum atomic E-state index is 12.4. The molecule has 25 heavy (non-hydrogen) atoms. The summed E-state index contributed by atoms with van der Waals surface area (Å²) in [5.41, 5.74) is 0.663. The minimum absolute atomic E-state index is 0.151. The number of hydrogen-bond donors (Lipinski definition) is 1. The van der Waals surface area contributed by atoms with Crippen LogP contribution in [0.1, 0.15) is 52.4 Å². The van der Waals surface area contributed by atoms with Gasteiger partial charge in [0.1, 0.15) is 12.4 Å². The van der Waals surface area contributed by atoms with Crippen molar-refractivity contribution in [3.05, 3.63) is 24.3 Å². The van der Waals surface area contributed by atoms with Crippen LogP contribution in [0.3, 0.4) is 0 Å². The molecule has 0 aromatic heterocycles. The van der Waals surface area contributed by atoms with Gasteiger partial charge in [0, 0.05) is 24.2 Å². The first kappa shape index (κ1) is 18.2. The molecule has 2 fully saturated rings. The van der Waals surface area contributed by atoms with Gasteiger partial charge in [-0.2, -0.15) is 0 Å². The minimum Gasteiger partial charge on any atom is -0.492 e. The molecule has 1 amide bonds. The highest BCUT2D eigenvalue weighted by molar-refractivity contribution is 5.95. The monoisotopic (exact) mass is 344 g/mol. The van der Waals surface area contributed by atoms with E-state index in [9.17, 15) is 4.79 Å². The number of amides is 1. The van der Waals surface area contributed by atoms with Crippen molar-refractivity contribution in [3.8, 4) is 5.75 Å². The van der Waals surface area contributed by atoms with Crippen molar-refractivity contribution in [1.82, 2.24) is 4.90 Å². The second-order valence-electron chi connectivity index (χ2n) is 8.14. The molecule has 0 unspecified atom stereocenters. The lowest BCUT2D eigenvalue weighted by molar-refractivity contribution is -0.124. The van der Waals surface area contributed by atoms with Gasteiger partial charge in [0.2, 0.25) is 5.91 Å². The maximum absolute atomic E-state index is 12.4. The molecule has 4 heteroatoms. The molecular weight excluding hydrogens is 312 g/mol. The number of ether oxygens (including phenoxy) is 1. The Bertz CT molecular complexity index is 564. The SMILES string of the molecule is C[C@H]1CCCN(CCOc2ccc(NC(=O)C3(C)CCCC3)cc2)C1. The number of carbonyl (C=O) groups excluding carboxylic acids is 1. The van der Waals surface area contributed by atoms with E-state index in [2.05, 4.69) is 24.1 Å². The second kappa shape index (κ2) is 8.22. The molecule has 0 bridgehead atoms. The van der Waals surface area contributed by atoms with Gasteiger partial charge >= 0.3 is 0 Å². The summed E-state index contributed by atoms with van der Waals surface area (Å²) in [6, 6.07) is 7.78. The highest BCUT2D eigenvalue weighted by Crippen LogP contribution is 2.38. The van der Waals surface area contributed by atoms with Crippen molar-refractivity contribution in [3.63, 3.8) is 0 Å². The molecule has 1 saturated carbocycles. The fourth-order valence-electron chi connectivity index (χ4n) is 4.08. The van der Waals surface area contributed by atoms with Gasteiger partial charge in [0.05, 0.1) is 0 Å². The molecule has 0 radical (unpaired) electrons. The number of benzene rings is 1. The third kappa shape index (κ3) is 4.97. The van der Waals surface area contributed by atoms with Crippen LogP contribution in [0, 0.1) is 11.3 Å². The van der Waals surface area contributed by atoms with E-state index >= 15 is 0 Å². The standard InChI is InChI=1S/C21H32N2O2/c1-17-6-5-13-23(16-17)14-15-25-19-9-7-18(8-10-19)22-20(24)21(2)11-3-4-12-21/h7-10,17H,3-6,11-16H2,1-2H3,(H,22,24)/t17-/m0/s1. The normalized spacial score (nSPS) is 23.4. The highest BCUT2D eigenvalue weighted by Gasteiger charge is 2.36. The van der Waals surface area contributed by atoms with E-state index in [-0.39, 0.29) is 11.3 Å². The third-order valence-corrected chi connectivity index (χ3v) is 5.78. The van der Waals surface area contributed by atoms with Crippen LogP contribution in [0.2, 0.25) is 0 Å². The van der Waals surface area contributed by atoms with Crippen molar-refractivity contribution in [2.45, 2.75) is 52.4 Å². The van der Waals surface area contributed by atoms with Crippen molar-refractivity contribution >= 4 is 11.6 Å². The van der Waals surface area contributed by atoms with E-state index in [4.69, 9.17) is 4.74 Å². The summed E-state index contributed by atoms with van der Waals surface area (Å²) < 4.78 is 5.87. The molecule has 1 aromatic rings. The summed E-state index contributed by atoms with van der Waals surface area (Å²) in [7, 11) is 0. The third-order valence-electron chi connectivity index (χ3n) is 5.78. The largest absolute Gasteiger partial charge is 0.492 e. The number of carbonyl (C=O) groups is 1. The number of nitrogens with one attached hydrogen (secondary N) is 1. The summed E-state index contributed by atoms with van der Waals surface area (Å²) >= 11 is 0. The Kier molecular flexibility index (Phi) is 6.00. The molecule has 1 aliphatic heterocycles. The van der Waals surface area contributed by atoms with Gasteiger partial charge < -0.3 is 10.1 Å². The molecule has 1 heterocycles. The second-order valence-corrected chi connectivity index (χ2v) is 8.14. The Morgan fingerprint density at radius 1 is 1.24 bits per heavy atom. The molecule has 3 rings (SSSR count). The summed E-state index contributed by atoms with van der Waals surface area (Å²) in [6.07, 6.45) is 6.96. The molecule has 4 nitrogen and oxygen atoms in total. The number of rotatable bonds is 6. The van der Waals surface area contributed by atoms with Gasteiger partial charge in [-0.25, -0.2) is 0 Å². The predicted molar refractivity (Wildman–Crippen MR) is 102 cm³/mol. The smallest absolute Gasteiger partial charge is 0.230 e. The maximum Gasteiger partial charge on any atom is 0.230 e. The Balaban J connectivity index is 1.43. The zero-order valence-electron chi connectivity index (χ0n) is 15.7. The summed E-state index contributed by atoms with van der Waals surface area (Å²) in [6.45, 7) is 8.49. The molecule has 1 saturated heterocycles. The van der Waals surface area contributed by atoms with Gasteiger partial charge in [0.15, 0.2) is 0 Å². The molecular formula is C21H32N2O2. The lowest BCUT2D eigenvalue weighted by Crippen LogP contribution is -2.37. The molecule has 138 valence electrons. The highest BCUT2D eigenvalue weighted by atomic mass is 16.5. The topological polar surface area (TPSA) is 41.6 Å².